The fraction of sp³-hybridized carbons (Fsp3) is 0.526. The molecule has 1 fully saturated rings. The van der Waals surface area contributed by atoms with Gasteiger partial charge in [0.15, 0.2) is 0 Å². The van der Waals surface area contributed by atoms with Crippen LogP contribution in [-0.2, 0) is 19.1 Å². The number of aliphatic carboxylic acids is 1. The summed E-state index contributed by atoms with van der Waals surface area (Å²) >= 11 is 0. The van der Waals surface area contributed by atoms with Crippen LogP contribution in [0.5, 0.6) is 0 Å². The Labute approximate surface area is 152 Å². The normalized spacial score (nSPS) is 18.4. The van der Waals surface area contributed by atoms with Gasteiger partial charge in [0.25, 0.3) is 0 Å². The Bertz CT molecular complexity index is 641. The Morgan fingerprint density at radius 1 is 1.15 bits per heavy atom. The Morgan fingerprint density at radius 3 is 2.31 bits per heavy atom. The minimum absolute atomic E-state index is 0.173. The SMILES string of the molecule is COC(=O)C(OC(=O)c1ccccc1)(C(=O)O)C(C)CN1CCCCC1. The van der Waals surface area contributed by atoms with Crippen LogP contribution in [0, 0.1) is 5.92 Å². The second kappa shape index (κ2) is 8.80. The molecule has 0 bridgehead atoms. The van der Waals surface area contributed by atoms with E-state index in [9.17, 15) is 19.5 Å². The summed E-state index contributed by atoms with van der Waals surface area (Å²) in [7, 11) is 1.09. The van der Waals surface area contributed by atoms with Crippen LogP contribution in [0.15, 0.2) is 30.3 Å². The van der Waals surface area contributed by atoms with Crippen molar-refractivity contribution in [3.8, 4) is 0 Å². The number of benzene rings is 1. The molecule has 1 saturated heterocycles. The monoisotopic (exact) mass is 363 g/mol. The topological polar surface area (TPSA) is 93.1 Å². The summed E-state index contributed by atoms with van der Waals surface area (Å²) in [5, 5.41) is 9.82. The van der Waals surface area contributed by atoms with E-state index >= 15 is 0 Å². The van der Waals surface area contributed by atoms with E-state index in [4.69, 9.17) is 9.47 Å². The number of carbonyl (C=O) groups excluding carboxylic acids is 2. The summed E-state index contributed by atoms with van der Waals surface area (Å²) in [5.41, 5.74) is -2.22. The van der Waals surface area contributed by atoms with Gasteiger partial charge in [-0.05, 0) is 38.1 Å². The van der Waals surface area contributed by atoms with E-state index in [0.717, 1.165) is 39.5 Å². The van der Waals surface area contributed by atoms with Gasteiger partial charge in [0.05, 0.1) is 12.7 Å². The molecule has 7 heteroatoms. The molecular formula is C19H25NO6. The van der Waals surface area contributed by atoms with Gasteiger partial charge in [-0.15, -0.1) is 0 Å². The first kappa shape index (κ1) is 19.9. The molecule has 0 aromatic heterocycles. The highest BCUT2D eigenvalue weighted by atomic mass is 16.6. The van der Waals surface area contributed by atoms with Crippen molar-refractivity contribution in [3.63, 3.8) is 0 Å². The third-order valence-corrected chi connectivity index (χ3v) is 4.74. The number of rotatable bonds is 7. The van der Waals surface area contributed by atoms with Crippen molar-refractivity contribution in [2.24, 2.45) is 5.92 Å². The predicted molar refractivity (Wildman–Crippen MR) is 93.7 cm³/mol. The minimum atomic E-state index is -2.39. The molecule has 2 rings (SSSR count). The average molecular weight is 363 g/mol. The number of likely N-dealkylation sites (tertiary alicyclic amines) is 1. The Hall–Kier alpha value is -2.41. The van der Waals surface area contributed by atoms with Gasteiger partial charge < -0.3 is 19.5 Å². The highest BCUT2D eigenvalue weighted by Crippen LogP contribution is 2.28. The smallest absolute Gasteiger partial charge is 0.362 e. The molecule has 0 amide bonds. The van der Waals surface area contributed by atoms with E-state index in [1.807, 2.05) is 0 Å². The first-order valence-electron chi connectivity index (χ1n) is 8.74. The molecule has 142 valence electrons. The lowest BCUT2D eigenvalue weighted by atomic mass is 9.87. The van der Waals surface area contributed by atoms with Crippen LogP contribution >= 0.6 is 0 Å². The summed E-state index contributed by atoms with van der Waals surface area (Å²) in [6.45, 7) is 3.57. The largest absolute Gasteiger partial charge is 0.478 e. The summed E-state index contributed by atoms with van der Waals surface area (Å²) < 4.78 is 10.0. The molecule has 7 nitrogen and oxygen atoms in total. The lowest BCUT2D eigenvalue weighted by Gasteiger charge is -2.36. The zero-order valence-corrected chi connectivity index (χ0v) is 15.1. The third kappa shape index (κ3) is 4.22. The highest BCUT2D eigenvalue weighted by molar-refractivity contribution is 6.06. The van der Waals surface area contributed by atoms with Gasteiger partial charge in [0, 0.05) is 12.5 Å². The van der Waals surface area contributed by atoms with Gasteiger partial charge >= 0.3 is 23.5 Å². The number of piperidine rings is 1. The van der Waals surface area contributed by atoms with Crippen LogP contribution in [0.25, 0.3) is 0 Å². The fourth-order valence-electron chi connectivity index (χ4n) is 3.27. The average Bonchev–Trinajstić information content (AvgIpc) is 2.66. The second-order valence-corrected chi connectivity index (χ2v) is 6.55. The third-order valence-electron chi connectivity index (χ3n) is 4.74. The van der Waals surface area contributed by atoms with Gasteiger partial charge in [-0.2, -0.15) is 0 Å². The van der Waals surface area contributed by atoms with Crippen molar-refractivity contribution < 1.29 is 29.0 Å². The number of carboxylic acid groups (broad SMARTS) is 1. The van der Waals surface area contributed by atoms with Gasteiger partial charge in [0.2, 0.25) is 0 Å². The van der Waals surface area contributed by atoms with E-state index in [1.165, 1.54) is 12.1 Å². The Morgan fingerprint density at radius 2 is 1.77 bits per heavy atom. The van der Waals surface area contributed by atoms with Crippen LogP contribution in [0.2, 0.25) is 0 Å². The van der Waals surface area contributed by atoms with E-state index < -0.39 is 29.4 Å². The number of methoxy groups -OCH3 is 1. The molecule has 1 aromatic carbocycles. The van der Waals surface area contributed by atoms with Gasteiger partial charge in [-0.25, -0.2) is 14.4 Å². The maximum Gasteiger partial charge on any atom is 0.362 e. The van der Waals surface area contributed by atoms with Crippen molar-refractivity contribution in [1.29, 1.82) is 0 Å². The minimum Gasteiger partial charge on any atom is -0.478 e. The van der Waals surface area contributed by atoms with Crippen molar-refractivity contribution in [1.82, 2.24) is 4.90 Å². The molecule has 1 N–H and O–H groups in total. The van der Waals surface area contributed by atoms with E-state index in [0.29, 0.717) is 6.54 Å². The Balaban J connectivity index is 2.29. The maximum absolute atomic E-state index is 12.5. The van der Waals surface area contributed by atoms with Crippen molar-refractivity contribution in [3.05, 3.63) is 35.9 Å². The standard InChI is InChI=1S/C19H25NO6/c1-14(13-20-11-7-4-8-12-20)19(17(22)23,18(24)25-2)26-16(21)15-9-5-3-6-10-15/h3,5-6,9-10,14H,4,7-8,11-13H2,1-2H3,(H,22,23). The first-order valence-corrected chi connectivity index (χ1v) is 8.74. The lowest BCUT2D eigenvalue weighted by Crippen LogP contribution is -2.58. The zero-order valence-electron chi connectivity index (χ0n) is 15.1. The van der Waals surface area contributed by atoms with E-state index in [1.54, 1.807) is 25.1 Å². The summed E-state index contributed by atoms with van der Waals surface area (Å²) in [6, 6.07) is 7.99. The predicted octanol–water partition coefficient (Wildman–Crippen LogP) is 1.96. The molecule has 26 heavy (non-hydrogen) atoms. The summed E-state index contributed by atoms with van der Waals surface area (Å²) in [5.74, 6) is -4.26. The molecule has 1 aliphatic heterocycles. The second-order valence-electron chi connectivity index (χ2n) is 6.55. The summed E-state index contributed by atoms with van der Waals surface area (Å²) in [6.07, 6.45) is 3.18. The molecule has 0 aliphatic carbocycles. The number of ether oxygens (including phenoxy) is 2. The van der Waals surface area contributed by atoms with Gasteiger partial charge in [-0.1, -0.05) is 31.5 Å². The molecular weight excluding hydrogens is 338 g/mol. The first-order chi connectivity index (χ1) is 12.4. The zero-order chi connectivity index (χ0) is 19.2. The molecule has 1 aromatic rings. The molecule has 1 heterocycles. The molecule has 0 saturated carbocycles. The number of carboxylic acids is 1. The van der Waals surface area contributed by atoms with Gasteiger partial charge in [0.1, 0.15) is 0 Å². The van der Waals surface area contributed by atoms with Crippen molar-refractivity contribution >= 4 is 17.9 Å². The molecule has 2 atom stereocenters. The molecule has 1 aliphatic rings. The molecule has 0 radical (unpaired) electrons. The van der Waals surface area contributed by atoms with Crippen LogP contribution in [0.4, 0.5) is 0 Å². The fourth-order valence-corrected chi connectivity index (χ4v) is 3.27. The van der Waals surface area contributed by atoms with Gasteiger partial charge in [-0.3, -0.25) is 0 Å². The lowest BCUT2D eigenvalue weighted by molar-refractivity contribution is -0.185. The molecule has 2 unspecified atom stereocenters. The quantitative estimate of drug-likeness (QED) is 0.585. The van der Waals surface area contributed by atoms with Crippen LogP contribution in [0.3, 0.4) is 0 Å². The number of hydrogen-bond acceptors (Lipinski definition) is 6. The van der Waals surface area contributed by atoms with Crippen molar-refractivity contribution in [2.75, 3.05) is 26.7 Å². The number of hydrogen-bond donors (Lipinski definition) is 1. The highest BCUT2D eigenvalue weighted by Gasteiger charge is 2.56. The van der Waals surface area contributed by atoms with Crippen LogP contribution in [-0.4, -0.2) is 60.3 Å². The molecule has 0 spiro atoms. The Kier molecular flexibility index (Phi) is 6.74. The van der Waals surface area contributed by atoms with Crippen LogP contribution < -0.4 is 0 Å². The maximum atomic E-state index is 12.5. The van der Waals surface area contributed by atoms with E-state index in [2.05, 4.69) is 4.90 Å². The summed E-state index contributed by atoms with van der Waals surface area (Å²) in [4.78, 5) is 39.1. The van der Waals surface area contributed by atoms with Crippen molar-refractivity contribution in [2.45, 2.75) is 31.8 Å². The van der Waals surface area contributed by atoms with E-state index in [-0.39, 0.29) is 5.56 Å². The number of esters is 2. The number of nitrogens with zero attached hydrogens (tertiary/aromatic N) is 1. The number of carbonyl (C=O) groups is 3. The van der Waals surface area contributed by atoms with Crippen LogP contribution in [0.1, 0.15) is 36.5 Å².